The smallest absolute Gasteiger partial charge is 0.264 e. The first-order chi connectivity index (χ1) is 16.2. The number of para-hydroxylation sites is 1. The van der Waals surface area contributed by atoms with E-state index in [4.69, 9.17) is 9.47 Å². The zero-order chi connectivity index (χ0) is 22.4. The number of hydrogen-bond donors (Lipinski definition) is 0. The Morgan fingerprint density at radius 1 is 1.00 bits per heavy atom. The number of aryl methyl sites for hydroxylation is 1. The first kappa shape index (κ1) is 20.3. The Morgan fingerprint density at radius 3 is 2.61 bits per heavy atom. The van der Waals surface area contributed by atoms with Crippen LogP contribution >= 0.6 is 11.3 Å². The van der Waals surface area contributed by atoms with E-state index < -0.39 is 0 Å². The van der Waals surface area contributed by atoms with E-state index in [0.29, 0.717) is 6.79 Å². The van der Waals surface area contributed by atoms with Gasteiger partial charge in [-0.3, -0.25) is 9.69 Å². The fourth-order valence-electron chi connectivity index (χ4n) is 4.46. The lowest BCUT2D eigenvalue weighted by Gasteiger charge is -2.34. The van der Waals surface area contributed by atoms with E-state index in [2.05, 4.69) is 22.1 Å². The minimum absolute atomic E-state index is 0.109. The van der Waals surface area contributed by atoms with Crippen molar-refractivity contribution in [2.45, 2.75) is 13.5 Å². The van der Waals surface area contributed by atoms with Gasteiger partial charge in [-0.15, -0.1) is 11.3 Å². The van der Waals surface area contributed by atoms with Crippen LogP contribution in [0, 0.1) is 6.92 Å². The van der Waals surface area contributed by atoms with Crippen LogP contribution in [0.15, 0.2) is 54.6 Å². The molecule has 0 radical (unpaired) electrons. The second-order valence-corrected chi connectivity index (χ2v) is 9.45. The van der Waals surface area contributed by atoms with Gasteiger partial charge in [0.25, 0.3) is 5.91 Å². The van der Waals surface area contributed by atoms with Crippen molar-refractivity contribution in [3.8, 4) is 17.2 Å². The van der Waals surface area contributed by atoms with Gasteiger partial charge in [0, 0.05) is 38.1 Å². The number of fused-ring (bicyclic) bond motifs is 2. The van der Waals surface area contributed by atoms with Gasteiger partial charge < -0.3 is 14.4 Å². The summed E-state index contributed by atoms with van der Waals surface area (Å²) in [6.07, 6.45) is 0. The Balaban J connectivity index is 1.14. The third kappa shape index (κ3) is 3.75. The topological polar surface area (TPSA) is 59.8 Å². The van der Waals surface area contributed by atoms with Crippen LogP contribution in [0.4, 0.5) is 0 Å². The Morgan fingerprint density at radius 2 is 1.79 bits per heavy atom. The number of nitrogens with zero attached hydrogens (tertiary/aromatic N) is 4. The van der Waals surface area contributed by atoms with E-state index in [1.54, 1.807) is 0 Å². The summed E-state index contributed by atoms with van der Waals surface area (Å²) in [7, 11) is 0. The third-order valence-electron chi connectivity index (χ3n) is 6.26. The van der Waals surface area contributed by atoms with E-state index in [-0.39, 0.29) is 5.91 Å². The average molecular weight is 461 g/mol. The number of thiophene rings is 1. The molecule has 2 aliphatic heterocycles. The van der Waals surface area contributed by atoms with Gasteiger partial charge in [-0.25, -0.2) is 4.68 Å². The second-order valence-electron chi connectivity index (χ2n) is 8.42. The molecule has 4 heterocycles. The molecule has 7 nitrogen and oxygen atoms in total. The van der Waals surface area contributed by atoms with Crippen LogP contribution in [-0.4, -0.2) is 58.5 Å². The van der Waals surface area contributed by atoms with Gasteiger partial charge in [-0.05, 0) is 42.8 Å². The molecule has 2 aliphatic rings. The number of hydrogen-bond acceptors (Lipinski definition) is 6. The predicted molar refractivity (Wildman–Crippen MR) is 127 cm³/mol. The molecule has 0 N–H and O–H groups in total. The van der Waals surface area contributed by atoms with Crippen LogP contribution in [-0.2, 0) is 6.54 Å². The monoisotopic (exact) mass is 460 g/mol. The van der Waals surface area contributed by atoms with Crippen LogP contribution in [0.1, 0.15) is 20.9 Å². The van der Waals surface area contributed by atoms with Crippen LogP contribution in [0.5, 0.6) is 11.5 Å². The lowest BCUT2D eigenvalue weighted by molar-refractivity contribution is 0.0633. The maximum absolute atomic E-state index is 13.3. The second kappa shape index (κ2) is 8.20. The molecule has 33 heavy (non-hydrogen) atoms. The summed E-state index contributed by atoms with van der Waals surface area (Å²) in [6, 6.07) is 18.2. The summed E-state index contributed by atoms with van der Waals surface area (Å²) in [5.41, 5.74) is 3.15. The van der Waals surface area contributed by atoms with E-state index >= 15 is 0 Å². The SMILES string of the molecule is Cc1nn(-c2ccccc2)c2sc(C(=O)N3CCN(Cc4ccc5c(c4)OCO5)CC3)cc12. The molecule has 8 heteroatoms. The molecular weight excluding hydrogens is 436 g/mol. The van der Waals surface area contributed by atoms with Crippen molar-refractivity contribution in [3.63, 3.8) is 0 Å². The molecule has 0 aliphatic carbocycles. The number of aromatic nitrogens is 2. The molecule has 0 saturated carbocycles. The highest BCUT2D eigenvalue weighted by Crippen LogP contribution is 2.33. The summed E-state index contributed by atoms with van der Waals surface area (Å²) < 4.78 is 12.8. The number of carbonyl (C=O) groups excluding carboxylic acids is 1. The van der Waals surface area contributed by atoms with Gasteiger partial charge >= 0.3 is 0 Å². The fourth-order valence-corrected chi connectivity index (χ4v) is 5.61. The zero-order valence-electron chi connectivity index (χ0n) is 18.4. The fraction of sp³-hybridized carbons (Fsp3) is 0.280. The quantitative estimate of drug-likeness (QED) is 0.459. The van der Waals surface area contributed by atoms with Crippen molar-refractivity contribution in [3.05, 3.63) is 70.7 Å². The molecule has 6 rings (SSSR count). The highest BCUT2D eigenvalue weighted by atomic mass is 32.1. The number of ether oxygens (including phenoxy) is 2. The number of piperazine rings is 1. The van der Waals surface area contributed by atoms with Crippen molar-refractivity contribution in [2.24, 2.45) is 0 Å². The molecular formula is C25H24N4O3S. The standard InChI is InChI=1S/C25H24N4O3S/c1-17-20-14-23(33-25(20)29(26-17)19-5-3-2-4-6-19)24(30)28-11-9-27(10-12-28)15-18-7-8-21-22(13-18)32-16-31-21/h2-8,13-14H,9-12,15-16H2,1H3. The van der Waals surface area contributed by atoms with Gasteiger partial charge in [0.1, 0.15) is 4.83 Å². The highest BCUT2D eigenvalue weighted by Gasteiger charge is 2.25. The molecule has 4 aromatic rings. The molecule has 1 saturated heterocycles. The van der Waals surface area contributed by atoms with Gasteiger partial charge in [-0.1, -0.05) is 24.3 Å². The molecule has 0 spiro atoms. The molecule has 0 unspecified atom stereocenters. The first-order valence-electron chi connectivity index (χ1n) is 11.1. The summed E-state index contributed by atoms with van der Waals surface area (Å²) >= 11 is 1.53. The Labute approximate surface area is 195 Å². The summed E-state index contributed by atoms with van der Waals surface area (Å²) in [5, 5.41) is 5.73. The highest BCUT2D eigenvalue weighted by molar-refractivity contribution is 7.20. The maximum atomic E-state index is 13.3. The van der Waals surface area contributed by atoms with Crippen LogP contribution in [0.25, 0.3) is 15.9 Å². The molecule has 0 bridgehead atoms. The number of rotatable bonds is 4. The average Bonchev–Trinajstić information content (AvgIpc) is 3.56. The largest absolute Gasteiger partial charge is 0.454 e. The molecule has 1 amide bonds. The minimum atomic E-state index is 0.109. The Kier molecular flexibility index (Phi) is 5.04. The van der Waals surface area contributed by atoms with Gasteiger partial charge in [0.15, 0.2) is 11.5 Å². The third-order valence-corrected chi connectivity index (χ3v) is 7.36. The van der Waals surface area contributed by atoms with Gasteiger partial charge in [0.2, 0.25) is 6.79 Å². The zero-order valence-corrected chi connectivity index (χ0v) is 19.2. The molecule has 2 aromatic heterocycles. The van der Waals surface area contributed by atoms with E-state index in [9.17, 15) is 4.79 Å². The first-order valence-corrected chi connectivity index (χ1v) is 11.9. The Hall–Kier alpha value is -3.36. The van der Waals surface area contributed by atoms with Gasteiger partial charge in [-0.2, -0.15) is 5.10 Å². The van der Waals surface area contributed by atoms with Crippen LogP contribution in [0.2, 0.25) is 0 Å². The van der Waals surface area contributed by atoms with E-state index in [1.807, 2.05) is 59.0 Å². The van der Waals surface area contributed by atoms with Crippen molar-refractivity contribution in [1.82, 2.24) is 19.6 Å². The van der Waals surface area contributed by atoms with Gasteiger partial charge in [0.05, 0.1) is 16.3 Å². The Bertz CT molecular complexity index is 1320. The minimum Gasteiger partial charge on any atom is -0.454 e. The maximum Gasteiger partial charge on any atom is 0.264 e. The molecule has 168 valence electrons. The van der Waals surface area contributed by atoms with Crippen LogP contribution < -0.4 is 9.47 Å². The lowest BCUT2D eigenvalue weighted by atomic mass is 10.1. The molecule has 1 fully saturated rings. The number of amides is 1. The number of carbonyl (C=O) groups is 1. The van der Waals surface area contributed by atoms with Crippen LogP contribution in [0.3, 0.4) is 0 Å². The van der Waals surface area contributed by atoms with Crippen molar-refractivity contribution in [2.75, 3.05) is 33.0 Å². The van der Waals surface area contributed by atoms with Crippen molar-refractivity contribution in [1.29, 1.82) is 0 Å². The lowest BCUT2D eigenvalue weighted by Crippen LogP contribution is -2.48. The normalized spacial score (nSPS) is 16.0. The van der Waals surface area contributed by atoms with E-state index in [0.717, 1.165) is 70.7 Å². The summed E-state index contributed by atoms with van der Waals surface area (Å²) in [5.74, 6) is 1.73. The summed E-state index contributed by atoms with van der Waals surface area (Å²) in [6.45, 7) is 6.28. The summed E-state index contributed by atoms with van der Waals surface area (Å²) in [4.78, 5) is 19.4. The predicted octanol–water partition coefficient (Wildman–Crippen LogP) is 4.08. The van der Waals surface area contributed by atoms with Crippen molar-refractivity contribution < 1.29 is 14.3 Å². The van der Waals surface area contributed by atoms with E-state index in [1.165, 1.54) is 16.9 Å². The van der Waals surface area contributed by atoms with Crippen molar-refractivity contribution >= 4 is 27.5 Å². The molecule has 0 atom stereocenters. The molecule has 2 aromatic carbocycles. The number of benzene rings is 2.